The van der Waals surface area contributed by atoms with Crippen molar-refractivity contribution in [2.24, 2.45) is 0 Å². The monoisotopic (exact) mass is 438 g/mol. The second-order valence-corrected chi connectivity index (χ2v) is 7.36. The summed E-state index contributed by atoms with van der Waals surface area (Å²) in [4.78, 5) is 37.0. The van der Waals surface area contributed by atoms with Crippen LogP contribution >= 0.6 is 0 Å². The molecule has 1 atom stereocenters. The fourth-order valence-electron chi connectivity index (χ4n) is 3.44. The summed E-state index contributed by atoms with van der Waals surface area (Å²) in [5, 5.41) is 2.58. The normalized spacial score (nSPS) is 11.6. The zero-order chi connectivity index (χ0) is 23.1. The molecule has 1 N–H and O–H groups in total. The van der Waals surface area contributed by atoms with Gasteiger partial charge in [0, 0.05) is 17.8 Å². The molecule has 2 heterocycles. The van der Waals surface area contributed by atoms with E-state index in [0.717, 1.165) is 17.0 Å². The summed E-state index contributed by atoms with van der Waals surface area (Å²) in [5.41, 5.74) is 2.81. The number of aromatic nitrogens is 1. The Kier molecular flexibility index (Phi) is 7.49. The number of benzene rings is 1. The van der Waals surface area contributed by atoms with Crippen LogP contribution in [0.5, 0.6) is 0 Å². The van der Waals surface area contributed by atoms with Crippen LogP contribution in [0.4, 0.5) is 0 Å². The Balaban J connectivity index is 1.60. The van der Waals surface area contributed by atoms with E-state index in [1.807, 2.05) is 47.9 Å². The van der Waals surface area contributed by atoms with Crippen LogP contribution in [0.3, 0.4) is 0 Å². The third-order valence-electron chi connectivity index (χ3n) is 5.13. The maximum atomic E-state index is 12.6. The van der Waals surface area contributed by atoms with Gasteiger partial charge in [0.2, 0.25) is 0 Å². The lowest BCUT2D eigenvalue weighted by Crippen LogP contribution is -2.44. The molecule has 0 aliphatic rings. The summed E-state index contributed by atoms with van der Waals surface area (Å²) in [6.45, 7) is 3.66. The summed E-state index contributed by atoms with van der Waals surface area (Å²) < 4.78 is 17.3. The Morgan fingerprint density at radius 2 is 1.84 bits per heavy atom. The number of aryl methyl sites for hydroxylation is 1. The minimum Gasteiger partial charge on any atom is -0.467 e. The van der Waals surface area contributed by atoms with Gasteiger partial charge in [-0.3, -0.25) is 4.79 Å². The van der Waals surface area contributed by atoms with Crippen LogP contribution in [0.15, 0.2) is 59.2 Å². The van der Waals surface area contributed by atoms with Crippen molar-refractivity contribution >= 4 is 17.8 Å². The average Bonchev–Trinajstić information content (AvgIpc) is 3.41. The number of methoxy groups -OCH3 is 1. The standard InChI is InChI=1S/C24H26N2O6/c1-16-12-20(17(2)26(16)14-19-10-7-11-31-19)23(28)32-15-22(27)25-21(24(29)30-3)13-18-8-5-4-6-9-18/h4-12,21H,13-15H2,1-3H3,(H,25,27). The van der Waals surface area contributed by atoms with E-state index in [0.29, 0.717) is 17.8 Å². The van der Waals surface area contributed by atoms with Gasteiger partial charge < -0.3 is 23.8 Å². The molecule has 0 fully saturated rings. The minimum absolute atomic E-state index is 0.265. The lowest BCUT2D eigenvalue weighted by atomic mass is 10.1. The number of carbonyl (C=O) groups excluding carboxylic acids is 3. The van der Waals surface area contributed by atoms with E-state index in [9.17, 15) is 14.4 Å². The van der Waals surface area contributed by atoms with E-state index in [1.54, 1.807) is 25.3 Å². The molecule has 0 spiro atoms. The number of esters is 2. The molecular weight excluding hydrogens is 412 g/mol. The minimum atomic E-state index is -0.882. The van der Waals surface area contributed by atoms with Gasteiger partial charge in [-0.15, -0.1) is 0 Å². The molecule has 0 saturated carbocycles. The van der Waals surface area contributed by atoms with Gasteiger partial charge in [0.05, 0.1) is 25.5 Å². The van der Waals surface area contributed by atoms with Crippen LogP contribution in [0, 0.1) is 13.8 Å². The molecule has 1 amide bonds. The molecule has 0 aliphatic carbocycles. The predicted molar refractivity (Wildman–Crippen MR) is 116 cm³/mol. The first kappa shape index (κ1) is 22.9. The van der Waals surface area contributed by atoms with E-state index in [2.05, 4.69) is 5.32 Å². The van der Waals surface area contributed by atoms with E-state index in [1.165, 1.54) is 7.11 Å². The lowest BCUT2D eigenvalue weighted by Gasteiger charge is -2.16. The molecule has 0 radical (unpaired) electrons. The Morgan fingerprint density at radius 1 is 1.09 bits per heavy atom. The highest BCUT2D eigenvalue weighted by Crippen LogP contribution is 2.18. The highest BCUT2D eigenvalue weighted by Gasteiger charge is 2.23. The molecule has 168 valence electrons. The van der Waals surface area contributed by atoms with Gasteiger partial charge in [0.25, 0.3) is 5.91 Å². The molecule has 3 rings (SSSR count). The Hall–Kier alpha value is -3.81. The number of furan rings is 1. The number of amides is 1. The quantitative estimate of drug-likeness (QED) is 0.516. The number of nitrogens with one attached hydrogen (secondary N) is 1. The zero-order valence-corrected chi connectivity index (χ0v) is 18.3. The smallest absolute Gasteiger partial charge is 0.340 e. The molecule has 0 aliphatic heterocycles. The molecule has 2 aromatic heterocycles. The number of ether oxygens (including phenoxy) is 2. The van der Waals surface area contributed by atoms with Crippen LogP contribution in [0.1, 0.15) is 33.1 Å². The van der Waals surface area contributed by atoms with E-state index in [-0.39, 0.29) is 6.42 Å². The molecule has 1 unspecified atom stereocenters. The van der Waals surface area contributed by atoms with Crippen LogP contribution in [-0.4, -0.2) is 42.2 Å². The molecule has 0 bridgehead atoms. The second kappa shape index (κ2) is 10.5. The van der Waals surface area contributed by atoms with E-state index >= 15 is 0 Å². The molecule has 3 aromatic rings. The number of rotatable bonds is 9. The first-order valence-electron chi connectivity index (χ1n) is 10.2. The first-order valence-corrected chi connectivity index (χ1v) is 10.2. The SMILES string of the molecule is COC(=O)C(Cc1ccccc1)NC(=O)COC(=O)c1cc(C)n(Cc2ccco2)c1C. The van der Waals surface area contributed by atoms with Crippen molar-refractivity contribution in [2.75, 3.05) is 13.7 Å². The van der Waals surface area contributed by atoms with Crippen molar-refractivity contribution in [3.05, 3.63) is 83.1 Å². The molecular formula is C24H26N2O6. The van der Waals surface area contributed by atoms with Crippen LogP contribution in [0.25, 0.3) is 0 Å². The summed E-state index contributed by atoms with van der Waals surface area (Å²) in [5.74, 6) is -1.01. The summed E-state index contributed by atoms with van der Waals surface area (Å²) in [6.07, 6.45) is 1.86. The molecule has 1 aromatic carbocycles. The van der Waals surface area contributed by atoms with E-state index < -0.39 is 30.5 Å². The van der Waals surface area contributed by atoms with Gasteiger partial charge >= 0.3 is 11.9 Å². The highest BCUT2D eigenvalue weighted by atomic mass is 16.5. The number of hydrogen-bond acceptors (Lipinski definition) is 6. The van der Waals surface area contributed by atoms with Gasteiger partial charge in [0.1, 0.15) is 11.8 Å². The van der Waals surface area contributed by atoms with Gasteiger partial charge in [0.15, 0.2) is 6.61 Å². The Morgan fingerprint density at radius 3 is 2.50 bits per heavy atom. The molecule has 8 heteroatoms. The molecule has 0 saturated heterocycles. The van der Waals surface area contributed by atoms with Crippen molar-refractivity contribution in [1.82, 2.24) is 9.88 Å². The van der Waals surface area contributed by atoms with E-state index in [4.69, 9.17) is 13.9 Å². The molecule has 8 nitrogen and oxygen atoms in total. The predicted octanol–water partition coefficient (Wildman–Crippen LogP) is 2.80. The number of carbonyl (C=O) groups is 3. The van der Waals surface area contributed by atoms with Gasteiger partial charge in [-0.05, 0) is 37.6 Å². The second-order valence-electron chi connectivity index (χ2n) is 7.36. The highest BCUT2D eigenvalue weighted by molar-refractivity contribution is 5.93. The number of hydrogen-bond donors (Lipinski definition) is 1. The van der Waals surface area contributed by atoms with Crippen LogP contribution in [-0.2, 0) is 32.0 Å². The largest absolute Gasteiger partial charge is 0.467 e. The van der Waals surface area contributed by atoms with Crippen LogP contribution in [0.2, 0.25) is 0 Å². The van der Waals surface area contributed by atoms with Crippen molar-refractivity contribution in [3.63, 3.8) is 0 Å². The van der Waals surface area contributed by atoms with Crippen molar-refractivity contribution in [3.8, 4) is 0 Å². The van der Waals surface area contributed by atoms with Crippen molar-refractivity contribution < 1.29 is 28.3 Å². The van der Waals surface area contributed by atoms with Crippen LogP contribution < -0.4 is 5.32 Å². The molecule has 32 heavy (non-hydrogen) atoms. The topological polar surface area (TPSA) is 99.8 Å². The zero-order valence-electron chi connectivity index (χ0n) is 18.3. The van der Waals surface area contributed by atoms with Crippen molar-refractivity contribution in [1.29, 1.82) is 0 Å². The summed E-state index contributed by atoms with van der Waals surface area (Å²) in [6, 6.07) is 13.7. The third-order valence-corrected chi connectivity index (χ3v) is 5.13. The maximum Gasteiger partial charge on any atom is 0.340 e. The van der Waals surface area contributed by atoms with Gasteiger partial charge in [-0.25, -0.2) is 9.59 Å². The summed E-state index contributed by atoms with van der Waals surface area (Å²) in [7, 11) is 1.25. The van der Waals surface area contributed by atoms with Crippen molar-refractivity contribution in [2.45, 2.75) is 32.9 Å². The maximum absolute atomic E-state index is 12.6. The fraction of sp³-hybridized carbons (Fsp3) is 0.292. The third kappa shape index (κ3) is 5.66. The van der Waals surface area contributed by atoms with Gasteiger partial charge in [-0.2, -0.15) is 0 Å². The first-order chi connectivity index (χ1) is 15.4. The van der Waals surface area contributed by atoms with Gasteiger partial charge in [-0.1, -0.05) is 30.3 Å². The summed E-state index contributed by atoms with van der Waals surface area (Å²) >= 11 is 0. The Labute approximate surface area is 186 Å². The Bertz CT molecular complexity index is 1070. The average molecular weight is 438 g/mol. The lowest BCUT2D eigenvalue weighted by molar-refractivity contribution is -0.145. The number of nitrogens with zero attached hydrogens (tertiary/aromatic N) is 1. The fourth-order valence-corrected chi connectivity index (χ4v) is 3.44.